The lowest BCUT2D eigenvalue weighted by atomic mass is 10.1. The molecular formula is C21H25ClN4O4S. The Morgan fingerprint density at radius 1 is 1.16 bits per heavy atom. The van der Waals surface area contributed by atoms with Gasteiger partial charge < -0.3 is 10.0 Å². The van der Waals surface area contributed by atoms with E-state index in [0.29, 0.717) is 31.1 Å². The van der Waals surface area contributed by atoms with Crippen molar-refractivity contribution in [2.75, 3.05) is 31.1 Å². The van der Waals surface area contributed by atoms with E-state index in [9.17, 15) is 18.3 Å². The molecule has 10 heteroatoms. The van der Waals surface area contributed by atoms with Crippen LogP contribution in [0.3, 0.4) is 0 Å². The molecule has 2 aromatic rings. The van der Waals surface area contributed by atoms with Gasteiger partial charge in [0.25, 0.3) is 10.2 Å². The second kappa shape index (κ2) is 8.38. The van der Waals surface area contributed by atoms with E-state index in [2.05, 4.69) is 9.71 Å². The Morgan fingerprint density at radius 2 is 1.90 bits per heavy atom. The zero-order chi connectivity index (χ0) is 22.2. The number of aliphatic carboxylic acids is 1. The molecule has 1 saturated heterocycles. The van der Waals surface area contributed by atoms with Gasteiger partial charge in [-0.05, 0) is 30.0 Å². The zero-order valence-electron chi connectivity index (χ0n) is 17.1. The Morgan fingerprint density at radius 3 is 2.55 bits per heavy atom. The third kappa shape index (κ3) is 4.15. The van der Waals surface area contributed by atoms with Gasteiger partial charge in [-0.1, -0.05) is 48.9 Å². The number of rotatable bonds is 6. The van der Waals surface area contributed by atoms with Crippen LogP contribution in [0.5, 0.6) is 0 Å². The summed E-state index contributed by atoms with van der Waals surface area (Å²) in [6.45, 7) is 3.41. The molecular weight excluding hydrogens is 440 g/mol. The molecule has 8 nitrogen and oxygen atoms in total. The van der Waals surface area contributed by atoms with Gasteiger partial charge >= 0.3 is 5.97 Å². The number of anilines is 1. The van der Waals surface area contributed by atoms with Crippen LogP contribution >= 0.6 is 11.6 Å². The molecule has 2 aliphatic rings. The molecule has 1 aliphatic carbocycles. The fraction of sp³-hybridized carbons (Fsp3) is 0.429. The molecule has 2 N–H and O–H groups in total. The SMILES string of the molecule is CC1[C@H](c2ccccc2)[C@]1(NS(=O)(=O)N1CCCN(c2ccc(Cl)cn2)CC1)C(=O)O. The fourth-order valence-electron chi connectivity index (χ4n) is 4.50. The summed E-state index contributed by atoms with van der Waals surface area (Å²) in [6.07, 6.45) is 2.16. The second-order valence-electron chi connectivity index (χ2n) is 8.03. The Bertz CT molecular complexity index is 1050. The van der Waals surface area contributed by atoms with Crippen molar-refractivity contribution >= 4 is 33.6 Å². The van der Waals surface area contributed by atoms with Crippen LogP contribution in [0.25, 0.3) is 0 Å². The molecule has 1 aliphatic heterocycles. The van der Waals surface area contributed by atoms with E-state index in [-0.39, 0.29) is 12.5 Å². The summed E-state index contributed by atoms with van der Waals surface area (Å²) in [5, 5.41) is 10.5. The van der Waals surface area contributed by atoms with Crippen molar-refractivity contribution in [1.82, 2.24) is 14.0 Å². The van der Waals surface area contributed by atoms with Crippen LogP contribution in [-0.2, 0) is 15.0 Å². The lowest BCUT2D eigenvalue weighted by Gasteiger charge is -2.25. The number of hydrogen-bond donors (Lipinski definition) is 2. The number of carboxylic acids is 1. The van der Waals surface area contributed by atoms with Crippen molar-refractivity contribution in [3.8, 4) is 0 Å². The highest BCUT2D eigenvalue weighted by atomic mass is 35.5. The molecule has 3 atom stereocenters. The Hall–Kier alpha value is -2.20. The summed E-state index contributed by atoms with van der Waals surface area (Å²) in [6, 6.07) is 12.7. The first kappa shape index (κ1) is 22.0. The molecule has 0 spiro atoms. The number of nitrogens with one attached hydrogen (secondary N) is 1. The number of aromatic nitrogens is 1. The van der Waals surface area contributed by atoms with E-state index in [4.69, 9.17) is 11.6 Å². The van der Waals surface area contributed by atoms with E-state index in [1.54, 1.807) is 25.3 Å². The molecule has 1 saturated carbocycles. The van der Waals surface area contributed by atoms with Gasteiger partial charge in [0.05, 0.1) is 5.02 Å². The molecule has 31 heavy (non-hydrogen) atoms. The van der Waals surface area contributed by atoms with Crippen molar-refractivity contribution in [1.29, 1.82) is 0 Å². The topological polar surface area (TPSA) is 103 Å². The van der Waals surface area contributed by atoms with Crippen molar-refractivity contribution in [3.05, 3.63) is 59.2 Å². The van der Waals surface area contributed by atoms with Gasteiger partial charge in [-0.25, -0.2) is 4.98 Å². The van der Waals surface area contributed by atoms with E-state index in [1.165, 1.54) is 4.31 Å². The third-order valence-electron chi connectivity index (χ3n) is 6.24. The molecule has 4 rings (SSSR count). The molecule has 0 radical (unpaired) electrons. The molecule has 2 heterocycles. The smallest absolute Gasteiger partial charge is 0.325 e. The van der Waals surface area contributed by atoms with Crippen LogP contribution < -0.4 is 9.62 Å². The van der Waals surface area contributed by atoms with Gasteiger partial charge in [-0.2, -0.15) is 17.4 Å². The lowest BCUT2D eigenvalue weighted by Crippen LogP contribution is -2.52. The number of pyridine rings is 1. The van der Waals surface area contributed by atoms with Gasteiger partial charge in [0.2, 0.25) is 0 Å². The number of carbonyl (C=O) groups is 1. The van der Waals surface area contributed by atoms with Gasteiger partial charge in [-0.15, -0.1) is 0 Å². The van der Waals surface area contributed by atoms with Crippen LogP contribution in [-0.4, -0.2) is 60.5 Å². The van der Waals surface area contributed by atoms with Crippen LogP contribution in [0.15, 0.2) is 48.7 Å². The van der Waals surface area contributed by atoms with Gasteiger partial charge in [0.1, 0.15) is 11.4 Å². The standard InChI is InChI=1S/C21H25ClN4O4S/c1-15-19(16-6-3-2-4-7-16)21(15,20(27)28)24-31(29,30)26-11-5-10-25(12-13-26)18-9-8-17(22)14-23-18/h2-4,6-9,14-15,19,24H,5,10-13H2,1H3,(H,27,28)/t15?,19-,21+/m1/s1. The quantitative estimate of drug-likeness (QED) is 0.680. The molecule has 1 aromatic heterocycles. The van der Waals surface area contributed by atoms with E-state index < -0.39 is 27.6 Å². The van der Waals surface area contributed by atoms with Gasteiger partial charge in [-0.3, -0.25) is 4.79 Å². The monoisotopic (exact) mass is 464 g/mol. The Labute approximate surface area is 187 Å². The maximum atomic E-state index is 13.2. The van der Waals surface area contributed by atoms with Crippen LogP contribution in [0.1, 0.15) is 24.8 Å². The Balaban J connectivity index is 1.50. The summed E-state index contributed by atoms with van der Waals surface area (Å²) >= 11 is 5.90. The molecule has 0 bridgehead atoms. The van der Waals surface area contributed by atoms with Crippen LogP contribution in [0, 0.1) is 5.92 Å². The number of halogens is 1. The van der Waals surface area contributed by atoms with Gasteiger partial charge in [0.15, 0.2) is 0 Å². The normalized spacial score (nSPS) is 27.0. The summed E-state index contributed by atoms with van der Waals surface area (Å²) in [4.78, 5) is 18.5. The first-order valence-electron chi connectivity index (χ1n) is 10.2. The average molecular weight is 465 g/mol. The Kier molecular flexibility index (Phi) is 5.95. The number of nitrogens with zero attached hydrogens (tertiary/aromatic N) is 3. The predicted octanol–water partition coefficient (Wildman–Crippen LogP) is 2.34. The minimum absolute atomic E-state index is 0.236. The lowest BCUT2D eigenvalue weighted by molar-refractivity contribution is -0.140. The minimum Gasteiger partial charge on any atom is -0.480 e. The van der Waals surface area contributed by atoms with E-state index in [1.807, 2.05) is 35.2 Å². The van der Waals surface area contributed by atoms with Crippen molar-refractivity contribution < 1.29 is 18.3 Å². The summed E-state index contributed by atoms with van der Waals surface area (Å²) < 4.78 is 30.3. The zero-order valence-corrected chi connectivity index (χ0v) is 18.7. The number of benzene rings is 1. The van der Waals surface area contributed by atoms with Crippen molar-refractivity contribution in [3.63, 3.8) is 0 Å². The third-order valence-corrected chi connectivity index (χ3v) is 8.10. The summed E-state index contributed by atoms with van der Waals surface area (Å²) in [7, 11) is -4.00. The summed E-state index contributed by atoms with van der Waals surface area (Å²) in [5.74, 6) is -1.19. The van der Waals surface area contributed by atoms with Crippen molar-refractivity contribution in [2.45, 2.75) is 24.8 Å². The van der Waals surface area contributed by atoms with Crippen LogP contribution in [0.2, 0.25) is 5.02 Å². The highest BCUT2D eigenvalue weighted by Gasteiger charge is 2.70. The van der Waals surface area contributed by atoms with E-state index >= 15 is 0 Å². The average Bonchev–Trinajstić information content (AvgIpc) is 3.41. The van der Waals surface area contributed by atoms with Crippen LogP contribution in [0.4, 0.5) is 5.82 Å². The first-order chi connectivity index (χ1) is 14.8. The van der Waals surface area contributed by atoms with Crippen molar-refractivity contribution in [2.24, 2.45) is 5.92 Å². The highest BCUT2D eigenvalue weighted by Crippen LogP contribution is 2.57. The predicted molar refractivity (Wildman–Crippen MR) is 118 cm³/mol. The fourth-order valence-corrected chi connectivity index (χ4v) is 6.26. The maximum Gasteiger partial charge on any atom is 0.325 e. The highest BCUT2D eigenvalue weighted by molar-refractivity contribution is 7.87. The number of hydrogen-bond acceptors (Lipinski definition) is 5. The molecule has 166 valence electrons. The second-order valence-corrected chi connectivity index (χ2v) is 10.1. The first-order valence-corrected chi connectivity index (χ1v) is 12.0. The largest absolute Gasteiger partial charge is 0.480 e. The van der Waals surface area contributed by atoms with Gasteiger partial charge in [0, 0.05) is 38.3 Å². The molecule has 0 amide bonds. The molecule has 1 unspecified atom stereocenters. The molecule has 1 aromatic carbocycles. The minimum atomic E-state index is -4.00. The molecule has 2 fully saturated rings. The van der Waals surface area contributed by atoms with E-state index in [0.717, 1.165) is 11.4 Å². The maximum absolute atomic E-state index is 13.2. The summed E-state index contributed by atoms with van der Waals surface area (Å²) in [5.41, 5.74) is -0.722. The number of carboxylic acid groups (broad SMARTS) is 1.